The van der Waals surface area contributed by atoms with Crippen LogP contribution >= 0.6 is 0 Å². The fourth-order valence-electron chi connectivity index (χ4n) is 5.07. The average Bonchev–Trinajstić information content (AvgIpc) is 3.25. The van der Waals surface area contributed by atoms with Crippen LogP contribution in [0.25, 0.3) is 11.3 Å². The molecule has 0 spiro atoms. The summed E-state index contributed by atoms with van der Waals surface area (Å²) in [5, 5.41) is 0. The normalized spacial score (nSPS) is 21.6. The minimum atomic E-state index is -0.0722. The predicted octanol–water partition coefficient (Wildman–Crippen LogP) is 3.33. The Kier molecular flexibility index (Phi) is 6.24. The van der Waals surface area contributed by atoms with E-state index < -0.39 is 0 Å². The molecule has 4 heterocycles. The largest absolute Gasteiger partial charge is 0.372 e. The Labute approximate surface area is 199 Å². The number of imidazole rings is 1. The van der Waals surface area contributed by atoms with E-state index in [9.17, 15) is 9.59 Å². The molecule has 0 unspecified atom stereocenters. The first-order valence-corrected chi connectivity index (χ1v) is 12.0. The fourth-order valence-corrected chi connectivity index (χ4v) is 5.07. The van der Waals surface area contributed by atoms with E-state index in [4.69, 9.17) is 4.74 Å². The van der Waals surface area contributed by atoms with Crippen molar-refractivity contribution in [2.75, 3.05) is 31.1 Å². The lowest BCUT2D eigenvalue weighted by atomic mass is 10.0. The number of hydrogen-bond acceptors (Lipinski definition) is 5. The average molecular weight is 462 g/mol. The molecule has 2 saturated heterocycles. The summed E-state index contributed by atoms with van der Waals surface area (Å²) in [6.45, 7) is 6.75. The van der Waals surface area contributed by atoms with Crippen LogP contribution in [0.3, 0.4) is 0 Å². The Morgan fingerprint density at radius 3 is 2.47 bits per heavy atom. The van der Waals surface area contributed by atoms with Crippen LogP contribution in [-0.4, -0.2) is 63.7 Å². The van der Waals surface area contributed by atoms with Gasteiger partial charge in [0.05, 0.1) is 17.9 Å². The number of H-pyrrole nitrogens is 1. The Bertz CT molecular complexity index is 1190. The summed E-state index contributed by atoms with van der Waals surface area (Å²) in [4.78, 5) is 37.3. The Hall–Kier alpha value is -3.39. The molecule has 1 amide bonds. The number of anilines is 1. The monoisotopic (exact) mass is 461 g/mol. The lowest BCUT2D eigenvalue weighted by Crippen LogP contribution is -2.48. The molecular weight excluding hydrogens is 430 g/mol. The van der Waals surface area contributed by atoms with Gasteiger partial charge in [-0.3, -0.25) is 9.36 Å². The number of carbonyl (C=O) groups is 1. The second-order valence-electron chi connectivity index (χ2n) is 9.33. The topological polar surface area (TPSA) is 83.5 Å². The van der Waals surface area contributed by atoms with Crippen LogP contribution in [0.5, 0.6) is 0 Å². The van der Waals surface area contributed by atoms with Gasteiger partial charge in [-0.05, 0) is 44.4 Å². The first kappa shape index (κ1) is 22.4. The number of nitrogens with one attached hydrogen (secondary N) is 1. The molecule has 2 aliphatic rings. The zero-order valence-corrected chi connectivity index (χ0v) is 19.7. The summed E-state index contributed by atoms with van der Waals surface area (Å²) in [5.41, 5.74) is 2.43. The molecule has 34 heavy (non-hydrogen) atoms. The third kappa shape index (κ3) is 4.63. The van der Waals surface area contributed by atoms with Crippen LogP contribution in [-0.2, 0) is 4.74 Å². The molecule has 0 bridgehead atoms. The van der Waals surface area contributed by atoms with Gasteiger partial charge in [0, 0.05) is 50.2 Å². The second kappa shape index (κ2) is 9.46. The van der Waals surface area contributed by atoms with Gasteiger partial charge in [-0.15, -0.1) is 0 Å². The minimum absolute atomic E-state index is 0.0212. The van der Waals surface area contributed by atoms with E-state index >= 15 is 0 Å². The molecule has 3 aromatic rings. The molecule has 2 aliphatic heterocycles. The summed E-state index contributed by atoms with van der Waals surface area (Å²) >= 11 is 0. The van der Waals surface area contributed by atoms with Crippen LogP contribution in [0.4, 0.5) is 5.82 Å². The molecule has 8 nitrogen and oxygen atoms in total. The molecule has 2 aromatic heterocycles. The summed E-state index contributed by atoms with van der Waals surface area (Å²) in [6, 6.07) is 13.7. The quantitative estimate of drug-likeness (QED) is 0.644. The van der Waals surface area contributed by atoms with Gasteiger partial charge in [-0.25, -0.2) is 9.78 Å². The molecule has 0 radical (unpaired) electrons. The summed E-state index contributed by atoms with van der Waals surface area (Å²) < 4.78 is 7.59. The van der Waals surface area contributed by atoms with E-state index in [2.05, 4.69) is 14.9 Å². The van der Waals surface area contributed by atoms with Crippen molar-refractivity contribution in [2.45, 2.75) is 44.9 Å². The zero-order valence-electron chi connectivity index (χ0n) is 19.7. The number of aromatic nitrogens is 3. The molecule has 5 rings (SSSR count). The summed E-state index contributed by atoms with van der Waals surface area (Å²) in [6.07, 6.45) is 5.39. The minimum Gasteiger partial charge on any atom is -0.372 e. The number of ether oxygens (including phenoxy) is 1. The SMILES string of the molecule is C[C@@H]1CN(C(=O)c2ccnc(N3CCC(n4cc(-c5ccccc5)[nH]c4=O)CC3)c2)C[C@H](C)O1. The van der Waals surface area contributed by atoms with E-state index in [0.717, 1.165) is 43.0 Å². The highest BCUT2D eigenvalue weighted by Crippen LogP contribution is 2.27. The van der Waals surface area contributed by atoms with Crippen molar-refractivity contribution < 1.29 is 9.53 Å². The number of morpholine rings is 1. The van der Waals surface area contributed by atoms with Crippen molar-refractivity contribution in [1.29, 1.82) is 0 Å². The summed E-state index contributed by atoms with van der Waals surface area (Å²) in [5.74, 6) is 0.831. The molecule has 1 aromatic carbocycles. The van der Waals surface area contributed by atoms with Crippen molar-refractivity contribution in [3.8, 4) is 11.3 Å². The van der Waals surface area contributed by atoms with E-state index in [1.54, 1.807) is 12.3 Å². The van der Waals surface area contributed by atoms with Crippen LogP contribution in [0.2, 0.25) is 0 Å². The number of benzene rings is 1. The zero-order chi connectivity index (χ0) is 23.7. The number of hydrogen-bond donors (Lipinski definition) is 1. The van der Waals surface area contributed by atoms with Gasteiger partial charge in [0.15, 0.2) is 0 Å². The standard InChI is InChI=1S/C26H31N5O3/c1-18-15-30(16-19(2)34-18)25(32)21-8-11-27-24(14-21)29-12-9-22(10-13-29)31-17-23(28-26(31)33)20-6-4-3-5-7-20/h3-8,11,14,17-19,22H,9-10,12-13,15-16H2,1-2H3,(H,28,33)/t18-,19+. The number of pyridine rings is 1. The highest BCUT2D eigenvalue weighted by atomic mass is 16.5. The van der Waals surface area contributed by atoms with E-state index in [1.807, 2.05) is 65.9 Å². The Morgan fingerprint density at radius 1 is 1.06 bits per heavy atom. The van der Waals surface area contributed by atoms with E-state index in [-0.39, 0.29) is 29.8 Å². The molecule has 178 valence electrons. The third-order valence-corrected chi connectivity index (χ3v) is 6.71. The maximum Gasteiger partial charge on any atom is 0.326 e. The maximum atomic E-state index is 13.1. The van der Waals surface area contributed by atoms with Crippen molar-refractivity contribution >= 4 is 11.7 Å². The third-order valence-electron chi connectivity index (χ3n) is 6.71. The van der Waals surface area contributed by atoms with Crippen molar-refractivity contribution in [3.05, 3.63) is 70.9 Å². The van der Waals surface area contributed by atoms with Gasteiger partial charge in [0.1, 0.15) is 5.82 Å². The number of amides is 1. The predicted molar refractivity (Wildman–Crippen MR) is 131 cm³/mol. The van der Waals surface area contributed by atoms with E-state index in [1.165, 1.54) is 0 Å². The van der Waals surface area contributed by atoms with Gasteiger partial charge in [0.25, 0.3) is 5.91 Å². The first-order chi connectivity index (χ1) is 16.5. The highest BCUT2D eigenvalue weighted by molar-refractivity contribution is 5.95. The lowest BCUT2D eigenvalue weighted by Gasteiger charge is -2.36. The van der Waals surface area contributed by atoms with Gasteiger partial charge in [0.2, 0.25) is 0 Å². The molecule has 0 aliphatic carbocycles. The number of nitrogens with zero attached hydrogens (tertiary/aromatic N) is 4. The van der Waals surface area contributed by atoms with E-state index in [0.29, 0.717) is 18.7 Å². The smallest absolute Gasteiger partial charge is 0.326 e. The summed E-state index contributed by atoms with van der Waals surface area (Å²) in [7, 11) is 0. The molecule has 2 fully saturated rings. The van der Waals surface area contributed by atoms with Crippen LogP contribution in [0.15, 0.2) is 59.7 Å². The molecular formula is C26H31N5O3. The van der Waals surface area contributed by atoms with Crippen LogP contribution < -0.4 is 10.6 Å². The van der Waals surface area contributed by atoms with Crippen LogP contribution in [0.1, 0.15) is 43.1 Å². The molecule has 1 N–H and O–H groups in total. The van der Waals surface area contributed by atoms with Gasteiger partial charge in [-0.2, -0.15) is 0 Å². The Balaban J connectivity index is 1.26. The maximum absolute atomic E-state index is 13.1. The van der Waals surface area contributed by atoms with Gasteiger partial charge >= 0.3 is 5.69 Å². The highest BCUT2D eigenvalue weighted by Gasteiger charge is 2.28. The Morgan fingerprint density at radius 2 is 1.76 bits per heavy atom. The number of carbonyl (C=O) groups excluding carboxylic acids is 1. The number of aromatic amines is 1. The lowest BCUT2D eigenvalue weighted by molar-refractivity contribution is -0.0586. The number of rotatable bonds is 4. The van der Waals surface area contributed by atoms with Crippen molar-refractivity contribution in [1.82, 2.24) is 19.4 Å². The van der Waals surface area contributed by atoms with Crippen LogP contribution in [0, 0.1) is 0 Å². The second-order valence-corrected chi connectivity index (χ2v) is 9.33. The molecule has 0 saturated carbocycles. The number of piperidine rings is 1. The van der Waals surface area contributed by atoms with Gasteiger partial charge < -0.3 is 19.5 Å². The van der Waals surface area contributed by atoms with Gasteiger partial charge in [-0.1, -0.05) is 30.3 Å². The molecule has 2 atom stereocenters. The first-order valence-electron chi connectivity index (χ1n) is 12.0. The molecule has 8 heteroatoms. The fraction of sp³-hybridized carbons (Fsp3) is 0.423. The van der Waals surface area contributed by atoms with Crippen molar-refractivity contribution in [3.63, 3.8) is 0 Å². The van der Waals surface area contributed by atoms with Crippen molar-refractivity contribution in [2.24, 2.45) is 0 Å².